The van der Waals surface area contributed by atoms with Crippen LogP contribution in [0, 0.1) is 0 Å². The van der Waals surface area contributed by atoms with Gasteiger partial charge in [0.05, 0.1) is 19.0 Å². The van der Waals surface area contributed by atoms with E-state index in [9.17, 15) is 17.2 Å². The van der Waals surface area contributed by atoms with E-state index in [1.165, 1.54) is 6.07 Å². The highest BCUT2D eigenvalue weighted by atomic mass is 127. The lowest BCUT2D eigenvalue weighted by molar-refractivity contribution is -0.0504. The van der Waals surface area contributed by atoms with Crippen LogP contribution in [-0.2, 0) is 21.1 Å². The van der Waals surface area contributed by atoms with E-state index in [1.807, 2.05) is 0 Å². The van der Waals surface area contributed by atoms with Crippen LogP contribution < -0.4 is 15.4 Å². The Hall–Kier alpha value is -1.21. The molecule has 0 saturated heterocycles. The van der Waals surface area contributed by atoms with E-state index in [0.29, 0.717) is 24.7 Å². The Bertz CT molecular complexity index is 660. The van der Waals surface area contributed by atoms with Crippen molar-refractivity contribution < 1.29 is 26.7 Å². The van der Waals surface area contributed by atoms with Crippen molar-refractivity contribution in [2.45, 2.75) is 13.2 Å². The fraction of sp³-hybridized carbons (Fsp3) is 0.533. The maximum Gasteiger partial charge on any atom is 0.387 e. The fourth-order valence-electron chi connectivity index (χ4n) is 1.81. The number of rotatable bonds is 10. The molecule has 0 amide bonds. The molecule has 0 aliphatic rings. The van der Waals surface area contributed by atoms with E-state index in [4.69, 9.17) is 4.74 Å². The Balaban J connectivity index is 0.00000625. The van der Waals surface area contributed by atoms with Crippen molar-refractivity contribution in [1.82, 2.24) is 10.6 Å². The summed E-state index contributed by atoms with van der Waals surface area (Å²) in [6.45, 7) is -1.79. The number of hydrogen-bond donors (Lipinski definition) is 2. The van der Waals surface area contributed by atoms with Gasteiger partial charge in [-0.3, -0.25) is 4.99 Å². The Labute approximate surface area is 169 Å². The molecule has 0 aliphatic heterocycles. The molecular formula is C15H24F2IN3O4S. The number of para-hydroxylation sites is 1. The molecule has 0 saturated carbocycles. The minimum Gasteiger partial charge on any atom is -0.434 e. The summed E-state index contributed by atoms with van der Waals surface area (Å²) in [7, 11) is -1.46. The summed E-state index contributed by atoms with van der Waals surface area (Å²) < 4.78 is 56.3. The SMILES string of the molecule is CN=C(NCCOCCS(C)(=O)=O)NCc1ccccc1OC(F)F.I. The third-order valence-corrected chi connectivity index (χ3v) is 3.90. The number of aliphatic imine (C=N–C) groups is 1. The van der Waals surface area contributed by atoms with Gasteiger partial charge in [0.15, 0.2) is 5.96 Å². The normalized spacial score (nSPS) is 11.8. The average Bonchev–Trinajstić information content (AvgIpc) is 2.53. The number of halogens is 3. The Morgan fingerprint density at radius 3 is 2.54 bits per heavy atom. The van der Waals surface area contributed by atoms with Crippen molar-refractivity contribution in [2.75, 3.05) is 38.8 Å². The van der Waals surface area contributed by atoms with E-state index < -0.39 is 16.4 Å². The second-order valence-electron chi connectivity index (χ2n) is 5.08. The van der Waals surface area contributed by atoms with Gasteiger partial charge in [-0.05, 0) is 6.07 Å². The molecule has 1 rings (SSSR count). The number of nitrogens with one attached hydrogen (secondary N) is 2. The number of ether oxygens (including phenoxy) is 2. The first-order valence-corrected chi connectivity index (χ1v) is 9.60. The van der Waals surface area contributed by atoms with Gasteiger partial charge in [0.2, 0.25) is 0 Å². The number of nitrogens with zero attached hydrogens (tertiary/aromatic N) is 1. The Kier molecular flexibility index (Phi) is 12.4. The lowest BCUT2D eigenvalue weighted by Gasteiger charge is -2.14. The van der Waals surface area contributed by atoms with E-state index in [2.05, 4.69) is 20.4 Å². The molecule has 1 aromatic carbocycles. The molecule has 0 aromatic heterocycles. The molecule has 0 spiro atoms. The van der Waals surface area contributed by atoms with Crippen molar-refractivity contribution >= 4 is 39.8 Å². The summed E-state index contributed by atoms with van der Waals surface area (Å²) in [4.78, 5) is 4.00. The van der Waals surface area contributed by atoms with E-state index in [-0.39, 0.29) is 48.6 Å². The van der Waals surface area contributed by atoms with Crippen molar-refractivity contribution in [1.29, 1.82) is 0 Å². The van der Waals surface area contributed by atoms with Crippen LogP contribution in [0.25, 0.3) is 0 Å². The molecular weight excluding hydrogens is 483 g/mol. The van der Waals surface area contributed by atoms with Crippen LogP contribution in [0.1, 0.15) is 5.56 Å². The molecule has 0 fully saturated rings. The van der Waals surface area contributed by atoms with Crippen LogP contribution in [0.3, 0.4) is 0 Å². The van der Waals surface area contributed by atoms with Gasteiger partial charge < -0.3 is 20.1 Å². The van der Waals surface area contributed by atoms with Crippen LogP contribution >= 0.6 is 24.0 Å². The van der Waals surface area contributed by atoms with Crippen molar-refractivity contribution in [2.24, 2.45) is 4.99 Å². The predicted octanol–water partition coefficient (Wildman–Crippen LogP) is 1.63. The molecule has 0 unspecified atom stereocenters. The Morgan fingerprint density at radius 2 is 1.92 bits per heavy atom. The Morgan fingerprint density at radius 1 is 1.23 bits per heavy atom. The van der Waals surface area contributed by atoms with Gasteiger partial charge in [-0.25, -0.2) is 8.42 Å². The number of hydrogen-bond acceptors (Lipinski definition) is 5. The van der Waals surface area contributed by atoms with E-state index >= 15 is 0 Å². The van der Waals surface area contributed by atoms with Gasteiger partial charge in [0.1, 0.15) is 15.6 Å². The summed E-state index contributed by atoms with van der Waals surface area (Å²) >= 11 is 0. The highest BCUT2D eigenvalue weighted by Gasteiger charge is 2.09. The maximum atomic E-state index is 12.4. The first-order chi connectivity index (χ1) is 11.8. The van der Waals surface area contributed by atoms with Crippen LogP contribution in [0.15, 0.2) is 29.3 Å². The van der Waals surface area contributed by atoms with Crippen LogP contribution in [0.5, 0.6) is 5.75 Å². The molecule has 11 heteroatoms. The maximum absolute atomic E-state index is 12.4. The van der Waals surface area contributed by atoms with Gasteiger partial charge in [-0.15, -0.1) is 24.0 Å². The molecule has 0 aliphatic carbocycles. The summed E-state index contributed by atoms with van der Waals surface area (Å²) in [5.41, 5.74) is 0.565. The molecule has 7 nitrogen and oxygen atoms in total. The van der Waals surface area contributed by atoms with Crippen LogP contribution in [-0.4, -0.2) is 59.8 Å². The first-order valence-electron chi connectivity index (χ1n) is 7.54. The van der Waals surface area contributed by atoms with Gasteiger partial charge in [0, 0.05) is 32.0 Å². The second kappa shape index (κ2) is 13.0. The average molecular weight is 507 g/mol. The molecule has 26 heavy (non-hydrogen) atoms. The van der Waals surface area contributed by atoms with Crippen molar-refractivity contribution in [3.63, 3.8) is 0 Å². The molecule has 0 heterocycles. The van der Waals surface area contributed by atoms with Crippen LogP contribution in [0.2, 0.25) is 0 Å². The standard InChI is InChI=1S/C15H23F2N3O4S.HI/c1-18-15(19-7-8-23-9-10-25(2,21)22)20-11-12-5-3-4-6-13(12)24-14(16)17;/h3-6,14H,7-11H2,1-2H3,(H2,18,19,20);1H. The molecule has 1 aromatic rings. The number of sulfone groups is 1. The van der Waals surface area contributed by atoms with Crippen molar-refractivity contribution in [3.8, 4) is 5.75 Å². The number of alkyl halides is 2. The topological polar surface area (TPSA) is 89.0 Å². The highest BCUT2D eigenvalue weighted by Crippen LogP contribution is 2.19. The zero-order valence-corrected chi connectivity index (χ0v) is 17.7. The first kappa shape index (κ1) is 24.8. The zero-order chi connectivity index (χ0) is 18.7. The van der Waals surface area contributed by atoms with Crippen molar-refractivity contribution in [3.05, 3.63) is 29.8 Å². The fourth-order valence-corrected chi connectivity index (χ4v) is 2.23. The molecule has 0 bridgehead atoms. The molecule has 0 atom stereocenters. The van der Waals surface area contributed by atoms with Crippen LogP contribution in [0.4, 0.5) is 8.78 Å². The third-order valence-electron chi connectivity index (χ3n) is 3.00. The minimum absolute atomic E-state index is 0. The van der Waals surface area contributed by atoms with Gasteiger partial charge in [0.25, 0.3) is 0 Å². The molecule has 0 radical (unpaired) electrons. The lowest BCUT2D eigenvalue weighted by Crippen LogP contribution is -2.38. The third kappa shape index (κ3) is 11.4. The second-order valence-corrected chi connectivity index (χ2v) is 7.34. The molecule has 150 valence electrons. The predicted molar refractivity (Wildman–Crippen MR) is 107 cm³/mol. The zero-order valence-electron chi connectivity index (χ0n) is 14.6. The summed E-state index contributed by atoms with van der Waals surface area (Å²) in [5, 5.41) is 5.95. The largest absolute Gasteiger partial charge is 0.434 e. The monoisotopic (exact) mass is 507 g/mol. The quantitative estimate of drug-likeness (QED) is 0.217. The lowest BCUT2D eigenvalue weighted by atomic mass is 10.2. The highest BCUT2D eigenvalue weighted by molar-refractivity contribution is 14.0. The summed E-state index contributed by atoms with van der Waals surface area (Å²) in [5.74, 6) is 0.532. The van der Waals surface area contributed by atoms with Gasteiger partial charge in [-0.2, -0.15) is 8.78 Å². The summed E-state index contributed by atoms with van der Waals surface area (Å²) in [6, 6.07) is 6.48. The molecule has 2 N–H and O–H groups in total. The van der Waals surface area contributed by atoms with E-state index in [1.54, 1.807) is 25.2 Å². The van der Waals surface area contributed by atoms with E-state index in [0.717, 1.165) is 6.26 Å². The minimum atomic E-state index is -3.03. The smallest absolute Gasteiger partial charge is 0.387 e. The van der Waals surface area contributed by atoms with Gasteiger partial charge >= 0.3 is 6.61 Å². The summed E-state index contributed by atoms with van der Waals surface area (Å²) in [6.07, 6.45) is 1.15. The number of guanidine groups is 1. The van der Waals surface area contributed by atoms with Gasteiger partial charge in [-0.1, -0.05) is 18.2 Å². The number of benzene rings is 1.